The number of benzene rings is 1. The predicted octanol–water partition coefficient (Wildman–Crippen LogP) is 2.48. The van der Waals surface area contributed by atoms with Gasteiger partial charge in [-0.3, -0.25) is 14.6 Å². The number of rotatable bonds is 9. The molecule has 176 valence electrons. The Balaban J connectivity index is 2.20. The summed E-state index contributed by atoms with van der Waals surface area (Å²) in [7, 11) is 8.36. The number of aromatic nitrogens is 1. The second-order valence-electron chi connectivity index (χ2n) is 7.84. The monoisotopic (exact) mass is 455 g/mol. The van der Waals surface area contributed by atoms with Crippen molar-refractivity contribution in [3.8, 4) is 17.2 Å². The van der Waals surface area contributed by atoms with Crippen molar-refractivity contribution in [1.82, 2.24) is 14.8 Å². The molecule has 1 fully saturated rings. The van der Waals surface area contributed by atoms with Crippen LogP contribution in [0.5, 0.6) is 17.2 Å². The van der Waals surface area contributed by atoms with Crippen LogP contribution in [0.4, 0.5) is 0 Å². The molecule has 1 atom stereocenters. The summed E-state index contributed by atoms with van der Waals surface area (Å²) in [6.07, 6.45) is 3.67. The standard InChI is InChI=1S/C24H29N3O6/c1-26(2)11-6-12-27-20(16-13-17(31-3)23(33-5)18(14-16)32-4)19(22(29)24(27)30)21(28)15-7-9-25-10-8-15/h7-10,13-14,20,28H,6,11-12H2,1-5H3/t20-/m1/s1. The van der Waals surface area contributed by atoms with E-state index in [-0.39, 0.29) is 11.3 Å². The molecule has 1 saturated heterocycles. The van der Waals surface area contributed by atoms with Crippen LogP contribution in [0.2, 0.25) is 0 Å². The van der Waals surface area contributed by atoms with Crippen molar-refractivity contribution < 1.29 is 28.9 Å². The maximum Gasteiger partial charge on any atom is 0.295 e. The molecule has 9 nitrogen and oxygen atoms in total. The minimum atomic E-state index is -0.825. The third-order valence-corrected chi connectivity index (χ3v) is 5.50. The zero-order valence-electron chi connectivity index (χ0n) is 19.5. The summed E-state index contributed by atoms with van der Waals surface area (Å²) in [6.45, 7) is 1.06. The molecule has 33 heavy (non-hydrogen) atoms. The van der Waals surface area contributed by atoms with E-state index in [1.54, 1.807) is 24.3 Å². The third kappa shape index (κ3) is 4.78. The topological polar surface area (TPSA) is 101 Å². The van der Waals surface area contributed by atoms with Crippen LogP contribution >= 0.6 is 0 Å². The highest BCUT2D eigenvalue weighted by Gasteiger charge is 2.46. The zero-order valence-corrected chi connectivity index (χ0v) is 19.5. The zero-order chi connectivity index (χ0) is 24.1. The van der Waals surface area contributed by atoms with Crippen LogP contribution in [0.15, 0.2) is 42.2 Å². The van der Waals surface area contributed by atoms with E-state index in [1.807, 2.05) is 19.0 Å². The molecular formula is C24H29N3O6. The Kier molecular flexibility index (Phi) is 7.55. The number of likely N-dealkylation sites (tertiary alicyclic amines) is 1. The Morgan fingerprint density at radius 1 is 1.06 bits per heavy atom. The number of hydrogen-bond acceptors (Lipinski definition) is 8. The third-order valence-electron chi connectivity index (χ3n) is 5.50. The highest BCUT2D eigenvalue weighted by atomic mass is 16.5. The number of carbonyl (C=O) groups is 2. The van der Waals surface area contributed by atoms with Crippen LogP contribution in [-0.4, -0.2) is 80.1 Å². The van der Waals surface area contributed by atoms with Gasteiger partial charge in [0.15, 0.2) is 11.5 Å². The van der Waals surface area contributed by atoms with Gasteiger partial charge in [-0.2, -0.15) is 0 Å². The molecule has 2 heterocycles. The first-order chi connectivity index (χ1) is 15.8. The van der Waals surface area contributed by atoms with Crippen LogP contribution in [0.25, 0.3) is 5.76 Å². The largest absolute Gasteiger partial charge is 0.507 e. The summed E-state index contributed by atoms with van der Waals surface area (Å²) >= 11 is 0. The second-order valence-corrected chi connectivity index (χ2v) is 7.84. The van der Waals surface area contributed by atoms with Crippen LogP contribution in [-0.2, 0) is 9.59 Å². The number of ketones is 1. The number of methoxy groups -OCH3 is 3. The minimum absolute atomic E-state index is 0.00493. The maximum atomic E-state index is 13.1. The van der Waals surface area contributed by atoms with E-state index in [1.165, 1.54) is 38.6 Å². The number of ether oxygens (including phenoxy) is 3. The lowest BCUT2D eigenvalue weighted by molar-refractivity contribution is -0.139. The molecular weight excluding hydrogens is 426 g/mol. The fraction of sp³-hybridized carbons (Fsp3) is 0.375. The fourth-order valence-electron chi connectivity index (χ4n) is 3.94. The number of Topliss-reactive ketones (excluding diaryl/α,β-unsaturated/α-hetero) is 1. The van der Waals surface area contributed by atoms with Gasteiger partial charge in [-0.25, -0.2) is 0 Å². The SMILES string of the molecule is COc1cc([C@@H]2C(=C(O)c3ccncc3)C(=O)C(=O)N2CCCN(C)C)cc(OC)c1OC. The summed E-state index contributed by atoms with van der Waals surface area (Å²) in [5, 5.41) is 11.1. The van der Waals surface area contributed by atoms with Crippen LogP contribution in [0, 0.1) is 0 Å². The molecule has 3 rings (SSSR count). The molecule has 1 aromatic heterocycles. The van der Waals surface area contributed by atoms with Gasteiger partial charge in [0, 0.05) is 24.5 Å². The Hall–Kier alpha value is -3.59. The van der Waals surface area contributed by atoms with E-state index >= 15 is 0 Å². The molecule has 0 unspecified atom stereocenters. The first-order valence-corrected chi connectivity index (χ1v) is 10.5. The Labute approximate surface area is 193 Å². The normalized spacial score (nSPS) is 17.5. The molecule has 1 aliphatic rings. The second kappa shape index (κ2) is 10.4. The fourth-order valence-corrected chi connectivity index (χ4v) is 3.94. The maximum absolute atomic E-state index is 13.1. The number of carbonyl (C=O) groups excluding carboxylic acids is 2. The molecule has 9 heteroatoms. The lowest BCUT2D eigenvalue weighted by Crippen LogP contribution is -2.32. The van der Waals surface area contributed by atoms with Crippen molar-refractivity contribution in [3.05, 3.63) is 53.4 Å². The Bertz CT molecular complexity index is 1030. The number of nitrogens with zero attached hydrogens (tertiary/aromatic N) is 3. The first-order valence-electron chi connectivity index (χ1n) is 10.5. The predicted molar refractivity (Wildman–Crippen MR) is 123 cm³/mol. The van der Waals surface area contributed by atoms with E-state index in [0.717, 1.165) is 6.54 Å². The van der Waals surface area contributed by atoms with Crippen LogP contribution in [0.1, 0.15) is 23.6 Å². The van der Waals surface area contributed by atoms with Gasteiger partial charge in [-0.15, -0.1) is 0 Å². The molecule has 0 bridgehead atoms. The number of aliphatic hydroxyl groups is 1. The van der Waals surface area contributed by atoms with E-state index in [2.05, 4.69) is 4.98 Å². The molecule has 0 aliphatic carbocycles. The average molecular weight is 456 g/mol. The quantitative estimate of drug-likeness (QED) is 0.350. The summed E-state index contributed by atoms with van der Waals surface area (Å²) in [5.74, 6) is -0.507. The van der Waals surface area contributed by atoms with E-state index < -0.39 is 17.7 Å². The Morgan fingerprint density at radius 3 is 2.18 bits per heavy atom. The van der Waals surface area contributed by atoms with Gasteiger partial charge in [0.25, 0.3) is 11.7 Å². The molecule has 0 saturated carbocycles. The number of hydrogen-bond donors (Lipinski definition) is 1. The lowest BCUT2D eigenvalue weighted by Gasteiger charge is -2.27. The van der Waals surface area contributed by atoms with E-state index in [0.29, 0.717) is 41.3 Å². The van der Waals surface area contributed by atoms with Crippen LogP contribution < -0.4 is 14.2 Å². The smallest absolute Gasteiger partial charge is 0.295 e. The molecule has 0 radical (unpaired) electrons. The molecule has 1 aromatic carbocycles. The van der Waals surface area contributed by atoms with E-state index in [9.17, 15) is 14.7 Å². The van der Waals surface area contributed by atoms with Crippen molar-refractivity contribution in [1.29, 1.82) is 0 Å². The van der Waals surface area contributed by atoms with Crippen molar-refractivity contribution >= 4 is 17.4 Å². The first kappa shape index (κ1) is 24.1. The van der Waals surface area contributed by atoms with Crippen molar-refractivity contribution in [2.75, 3.05) is 48.5 Å². The number of pyridine rings is 1. The average Bonchev–Trinajstić information content (AvgIpc) is 3.07. The molecule has 1 aliphatic heterocycles. The summed E-state index contributed by atoms with van der Waals surface area (Å²) in [6, 6.07) is 5.73. The van der Waals surface area contributed by atoms with Gasteiger partial charge in [0.2, 0.25) is 5.75 Å². The summed E-state index contributed by atoms with van der Waals surface area (Å²) < 4.78 is 16.4. The number of amides is 1. The number of aliphatic hydroxyl groups excluding tert-OH is 1. The Morgan fingerprint density at radius 2 is 1.67 bits per heavy atom. The molecule has 1 amide bonds. The summed E-state index contributed by atoms with van der Waals surface area (Å²) in [4.78, 5) is 33.6. The molecule has 0 spiro atoms. The lowest BCUT2D eigenvalue weighted by atomic mass is 9.95. The van der Waals surface area contributed by atoms with Gasteiger partial charge in [0.05, 0.1) is 32.9 Å². The van der Waals surface area contributed by atoms with Crippen molar-refractivity contribution in [2.45, 2.75) is 12.5 Å². The van der Waals surface area contributed by atoms with E-state index in [4.69, 9.17) is 14.2 Å². The summed E-state index contributed by atoms with van der Waals surface area (Å²) in [5.41, 5.74) is 0.961. The van der Waals surface area contributed by atoms with Gasteiger partial charge >= 0.3 is 0 Å². The van der Waals surface area contributed by atoms with Gasteiger partial charge < -0.3 is 29.1 Å². The molecule has 1 N–H and O–H groups in total. The van der Waals surface area contributed by atoms with Gasteiger partial charge in [0.1, 0.15) is 5.76 Å². The highest BCUT2D eigenvalue weighted by molar-refractivity contribution is 6.46. The van der Waals surface area contributed by atoms with Gasteiger partial charge in [-0.1, -0.05) is 0 Å². The highest BCUT2D eigenvalue weighted by Crippen LogP contribution is 2.45. The van der Waals surface area contributed by atoms with Crippen molar-refractivity contribution in [3.63, 3.8) is 0 Å². The van der Waals surface area contributed by atoms with Crippen molar-refractivity contribution in [2.24, 2.45) is 0 Å². The van der Waals surface area contributed by atoms with Gasteiger partial charge in [-0.05, 0) is 56.9 Å². The minimum Gasteiger partial charge on any atom is -0.507 e. The molecule has 2 aromatic rings. The van der Waals surface area contributed by atoms with Crippen LogP contribution in [0.3, 0.4) is 0 Å².